The van der Waals surface area contributed by atoms with Crippen LogP contribution in [0.4, 0.5) is 0 Å². The number of carbonyl (C=O) groups excluding carboxylic acids is 1. The van der Waals surface area contributed by atoms with Gasteiger partial charge in [-0.15, -0.1) is 0 Å². The minimum absolute atomic E-state index is 0.300. The maximum atomic E-state index is 11.9. The molecule has 0 heterocycles. The second-order valence-corrected chi connectivity index (χ2v) is 7.24. The van der Waals surface area contributed by atoms with E-state index in [1.54, 1.807) is 6.08 Å². The van der Waals surface area contributed by atoms with Crippen LogP contribution in [0.2, 0.25) is 0 Å². The minimum atomic E-state index is -0.772. The summed E-state index contributed by atoms with van der Waals surface area (Å²) in [5, 5.41) is 11.0. The van der Waals surface area contributed by atoms with Crippen LogP contribution >= 0.6 is 0 Å². The van der Waals surface area contributed by atoms with Crippen LogP contribution in [-0.2, 0) is 9.53 Å². The van der Waals surface area contributed by atoms with Crippen molar-refractivity contribution in [2.45, 2.75) is 109 Å². The van der Waals surface area contributed by atoms with Gasteiger partial charge in [0.25, 0.3) is 0 Å². The molecule has 3 heteroatoms. The Kier molecular flexibility index (Phi) is 11.1. The van der Waals surface area contributed by atoms with Gasteiger partial charge in [0.15, 0.2) is 0 Å². The average molecular weight is 339 g/mol. The molecule has 1 saturated carbocycles. The summed E-state index contributed by atoms with van der Waals surface area (Å²) in [6.07, 6.45) is 17.4. The topological polar surface area (TPSA) is 46.5 Å². The highest BCUT2D eigenvalue weighted by atomic mass is 16.5. The Morgan fingerprint density at radius 1 is 0.958 bits per heavy atom. The molecular formula is C21H38O3. The van der Waals surface area contributed by atoms with Crippen LogP contribution in [0.3, 0.4) is 0 Å². The summed E-state index contributed by atoms with van der Waals surface area (Å²) >= 11 is 0. The molecule has 0 atom stereocenters. The van der Waals surface area contributed by atoms with Crippen molar-refractivity contribution in [2.24, 2.45) is 0 Å². The molecule has 0 spiro atoms. The normalized spacial score (nSPS) is 17.7. The van der Waals surface area contributed by atoms with Crippen LogP contribution in [0.1, 0.15) is 104 Å². The maximum Gasteiger partial charge on any atom is 0.330 e. The van der Waals surface area contributed by atoms with E-state index in [0.717, 1.165) is 44.1 Å². The van der Waals surface area contributed by atoms with Crippen LogP contribution in [0.5, 0.6) is 0 Å². The monoisotopic (exact) mass is 338 g/mol. The molecule has 0 saturated heterocycles. The average Bonchev–Trinajstić information content (AvgIpc) is 2.57. The van der Waals surface area contributed by atoms with Gasteiger partial charge in [-0.25, -0.2) is 4.79 Å². The van der Waals surface area contributed by atoms with Crippen molar-refractivity contribution in [3.63, 3.8) is 0 Å². The molecule has 0 aromatic heterocycles. The van der Waals surface area contributed by atoms with E-state index in [1.807, 2.05) is 6.92 Å². The molecule has 0 radical (unpaired) electrons. The molecule has 1 aliphatic carbocycles. The highest BCUT2D eigenvalue weighted by Gasteiger charge is 2.33. The number of hydrogen-bond acceptors (Lipinski definition) is 3. The molecule has 0 amide bonds. The summed E-state index contributed by atoms with van der Waals surface area (Å²) in [4.78, 5) is 11.9. The van der Waals surface area contributed by atoms with Crippen molar-refractivity contribution in [3.05, 3.63) is 11.6 Å². The van der Waals surface area contributed by atoms with Gasteiger partial charge in [0.2, 0.25) is 0 Å². The first-order valence-corrected chi connectivity index (χ1v) is 10.2. The number of hydrogen-bond donors (Lipinski definition) is 1. The van der Waals surface area contributed by atoms with E-state index in [2.05, 4.69) is 6.92 Å². The number of esters is 1. The van der Waals surface area contributed by atoms with E-state index in [-0.39, 0.29) is 5.97 Å². The number of rotatable bonds is 12. The molecule has 1 aliphatic rings. The SMILES string of the molecule is CCCCCCCCCC/C(=C/C(=O)OCC)C1(O)CCCCC1. The Hall–Kier alpha value is -0.830. The van der Waals surface area contributed by atoms with Gasteiger partial charge in [0.05, 0.1) is 12.2 Å². The summed E-state index contributed by atoms with van der Waals surface area (Å²) in [5.74, 6) is -0.300. The molecule has 0 unspecified atom stereocenters. The lowest BCUT2D eigenvalue weighted by atomic mass is 9.77. The van der Waals surface area contributed by atoms with E-state index in [1.165, 1.54) is 51.4 Å². The highest BCUT2D eigenvalue weighted by molar-refractivity contribution is 5.83. The smallest absolute Gasteiger partial charge is 0.330 e. The molecule has 1 fully saturated rings. The fourth-order valence-electron chi connectivity index (χ4n) is 3.67. The lowest BCUT2D eigenvalue weighted by Gasteiger charge is -2.34. The number of ether oxygens (including phenoxy) is 1. The Bertz CT molecular complexity index is 367. The molecule has 24 heavy (non-hydrogen) atoms. The second-order valence-electron chi connectivity index (χ2n) is 7.24. The fourth-order valence-corrected chi connectivity index (χ4v) is 3.67. The number of carbonyl (C=O) groups is 1. The van der Waals surface area contributed by atoms with Crippen molar-refractivity contribution >= 4 is 5.97 Å². The third kappa shape index (κ3) is 8.32. The van der Waals surface area contributed by atoms with Crippen molar-refractivity contribution in [1.29, 1.82) is 0 Å². The molecule has 0 bridgehead atoms. The van der Waals surface area contributed by atoms with Gasteiger partial charge in [-0.1, -0.05) is 71.1 Å². The van der Waals surface area contributed by atoms with Gasteiger partial charge in [0.1, 0.15) is 0 Å². The number of unbranched alkanes of at least 4 members (excludes halogenated alkanes) is 7. The first-order valence-electron chi connectivity index (χ1n) is 10.2. The van der Waals surface area contributed by atoms with Crippen LogP contribution in [0.15, 0.2) is 11.6 Å². The third-order valence-corrected chi connectivity index (χ3v) is 5.16. The number of aliphatic hydroxyl groups is 1. The first-order chi connectivity index (χ1) is 11.6. The summed E-state index contributed by atoms with van der Waals surface area (Å²) in [6.45, 7) is 4.45. The van der Waals surface area contributed by atoms with Crippen molar-refractivity contribution < 1.29 is 14.6 Å². The lowest BCUT2D eigenvalue weighted by molar-refractivity contribution is -0.137. The zero-order valence-corrected chi connectivity index (χ0v) is 15.9. The first kappa shape index (κ1) is 21.2. The molecule has 1 rings (SSSR count). The molecule has 1 N–H and O–H groups in total. The Morgan fingerprint density at radius 3 is 2.12 bits per heavy atom. The Morgan fingerprint density at radius 2 is 1.54 bits per heavy atom. The summed E-state index contributed by atoms with van der Waals surface area (Å²) in [7, 11) is 0. The van der Waals surface area contributed by atoms with Gasteiger partial charge >= 0.3 is 5.97 Å². The Labute approximate surface area is 148 Å². The van der Waals surface area contributed by atoms with Crippen molar-refractivity contribution in [2.75, 3.05) is 6.61 Å². The van der Waals surface area contributed by atoms with Crippen molar-refractivity contribution in [1.82, 2.24) is 0 Å². The van der Waals surface area contributed by atoms with Gasteiger partial charge in [-0.3, -0.25) is 0 Å². The molecule has 0 aliphatic heterocycles. The molecular weight excluding hydrogens is 300 g/mol. The van der Waals surface area contributed by atoms with Gasteiger partial charge in [0, 0.05) is 6.08 Å². The van der Waals surface area contributed by atoms with E-state index in [0.29, 0.717) is 6.61 Å². The zero-order chi connectivity index (χ0) is 17.7. The van der Waals surface area contributed by atoms with E-state index >= 15 is 0 Å². The predicted octanol–water partition coefficient (Wildman–Crippen LogP) is 5.70. The lowest BCUT2D eigenvalue weighted by Crippen LogP contribution is -2.34. The third-order valence-electron chi connectivity index (χ3n) is 5.16. The summed E-state index contributed by atoms with van der Waals surface area (Å²) in [6, 6.07) is 0. The molecule has 0 aromatic carbocycles. The van der Waals surface area contributed by atoms with Gasteiger partial charge in [-0.2, -0.15) is 0 Å². The predicted molar refractivity (Wildman–Crippen MR) is 100.0 cm³/mol. The second kappa shape index (κ2) is 12.5. The van der Waals surface area contributed by atoms with E-state index < -0.39 is 5.60 Å². The quantitative estimate of drug-likeness (QED) is 0.282. The van der Waals surface area contributed by atoms with Crippen LogP contribution in [0, 0.1) is 0 Å². The Balaban J connectivity index is 2.43. The van der Waals surface area contributed by atoms with Gasteiger partial charge < -0.3 is 9.84 Å². The summed E-state index contributed by atoms with van der Waals surface area (Å²) in [5.41, 5.74) is 0.137. The minimum Gasteiger partial charge on any atom is -0.463 e. The van der Waals surface area contributed by atoms with Crippen LogP contribution < -0.4 is 0 Å². The highest BCUT2D eigenvalue weighted by Crippen LogP contribution is 2.36. The largest absolute Gasteiger partial charge is 0.463 e. The maximum absolute atomic E-state index is 11.9. The molecule has 0 aromatic rings. The standard InChI is InChI=1S/C21H38O3/c1-3-5-6-7-8-9-10-12-15-19(18-20(22)24-4-2)21(23)16-13-11-14-17-21/h18,23H,3-17H2,1-2H3/b19-18-. The summed E-state index contributed by atoms with van der Waals surface area (Å²) < 4.78 is 5.06. The molecule has 3 nitrogen and oxygen atoms in total. The fraction of sp³-hybridized carbons (Fsp3) is 0.857. The zero-order valence-electron chi connectivity index (χ0n) is 15.9. The van der Waals surface area contributed by atoms with E-state index in [9.17, 15) is 9.90 Å². The van der Waals surface area contributed by atoms with Gasteiger partial charge in [-0.05, 0) is 38.2 Å². The van der Waals surface area contributed by atoms with Crippen LogP contribution in [-0.4, -0.2) is 23.3 Å². The van der Waals surface area contributed by atoms with Crippen LogP contribution in [0.25, 0.3) is 0 Å². The van der Waals surface area contributed by atoms with Crippen molar-refractivity contribution in [3.8, 4) is 0 Å². The molecule has 140 valence electrons. The van der Waals surface area contributed by atoms with E-state index in [4.69, 9.17) is 4.74 Å².